The van der Waals surface area contributed by atoms with Crippen LogP contribution in [0.1, 0.15) is 46.0 Å². The van der Waals surface area contributed by atoms with Crippen LogP contribution in [-0.4, -0.2) is 18.8 Å². The summed E-state index contributed by atoms with van der Waals surface area (Å²) in [5.41, 5.74) is 0.0537. The van der Waals surface area contributed by atoms with Gasteiger partial charge in [-0.3, -0.25) is 0 Å². The summed E-state index contributed by atoms with van der Waals surface area (Å²) in [6.45, 7) is 5.85. The molecule has 1 aliphatic rings. The molecule has 1 fully saturated rings. The lowest BCUT2D eigenvalue weighted by Crippen LogP contribution is -2.29. The van der Waals surface area contributed by atoms with Gasteiger partial charge in [-0.15, -0.1) is 0 Å². The minimum atomic E-state index is 0.0537. The highest BCUT2D eigenvalue weighted by Gasteiger charge is 2.26. The molecule has 0 saturated carbocycles. The lowest BCUT2D eigenvalue weighted by atomic mass is 9.96. The second-order valence-electron chi connectivity index (χ2n) is 4.20. The molecule has 0 aromatic heterocycles. The molecule has 1 atom stereocenters. The smallest absolute Gasteiger partial charge is 0.0900 e. The molecule has 0 bridgehead atoms. The van der Waals surface area contributed by atoms with Gasteiger partial charge in [0.25, 0.3) is 0 Å². The number of allylic oxidation sites excluding steroid dienone is 1. The first-order valence-corrected chi connectivity index (χ1v) is 5.63. The lowest BCUT2D eigenvalue weighted by Gasteiger charge is -2.27. The van der Waals surface area contributed by atoms with E-state index in [2.05, 4.69) is 6.92 Å². The molecule has 0 N–H and O–H groups in total. The summed E-state index contributed by atoms with van der Waals surface area (Å²) >= 11 is 0. The Morgan fingerprint density at radius 1 is 1.36 bits per heavy atom. The molecule has 0 amide bonds. The Bertz CT molecular complexity index is 167. The van der Waals surface area contributed by atoms with Crippen molar-refractivity contribution in [2.75, 3.05) is 13.2 Å². The Morgan fingerprint density at radius 2 is 2.21 bits per heavy atom. The topological polar surface area (TPSA) is 18.5 Å². The third-order valence-electron chi connectivity index (χ3n) is 2.78. The van der Waals surface area contributed by atoms with Crippen LogP contribution in [0.2, 0.25) is 0 Å². The second kappa shape index (κ2) is 6.07. The van der Waals surface area contributed by atoms with Crippen molar-refractivity contribution in [2.45, 2.75) is 51.6 Å². The third-order valence-corrected chi connectivity index (χ3v) is 2.78. The van der Waals surface area contributed by atoms with Crippen LogP contribution in [0, 0.1) is 0 Å². The molecular weight excluding hydrogens is 176 g/mol. The summed E-state index contributed by atoms with van der Waals surface area (Å²) in [7, 11) is 0. The van der Waals surface area contributed by atoms with E-state index < -0.39 is 0 Å². The first kappa shape index (κ1) is 11.6. The quantitative estimate of drug-likeness (QED) is 0.510. The zero-order chi connectivity index (χ0) is 10.3. The molecule has 0 spiro atoms. The van der Waals surface area contributed by atoms with Crippen molar-refractivity contribution in [3.8, 4) is 0 Å². The minimum absolute atomic E-state index is 0.0537. The highest BCUT2D eigenvalue weighted by atomic mass is 16.5. The monoisotopic (exact) mass is 198 g/mol. The summed E-state index contributed by atoms with van der Waals surface area (Å²) in [6.07, 6.45) is 9.65. The minimum Gasteiger partial charge on any atom is -0.501 e. The molecule has 2 heteroatoms. The summed E-state index contributed by atoms with van der Waals surface area (Å²) in [5.74, 6) is 0. The predicted octanol–water partition coefficient (Wildman–Crippen LogP) is 3.28. The lowest BCUT2D eigenvalue weighted by molar-refractivity contribution is -0.0441. The normalized spacial score (nSPS) is 29.0. The fourth-order valence-corrected chi connectivity index (χ4v) is 1.80. The molecular formula is C12H22O2. The van der Waals surface area contributed by atoms with Crippen molar-refractivity contribution < 1.29 is 9.47 Å². The molecule has 1 saturated heterocycles. The van der Waals surface area contributed by atoms with Crippen LogP contribution in [0.25, 0.3) is 0 Å². The van der Waals surface area contributed by atoms with Crippen LogP contribution in [0.3, 0.4) is 0 Å². The molecule has 1 heterocycles. The van der Waals surface area contributed by atoms with E-state index in [-0.39, 0.29) is 5.60 Å². The summed E-state index contributed by atoms with van der Waals surface area (Å²) in [6, 6.07) is 0. The van der Waals surface area contributed by atoms with Gasteiger partial charge in [-0.1, -0.05) is 18.9 Å². The molecule has 0 radical (unpaired) electrons. The Hall–Kier alpha value is -0.500. The van der Waals surface area contributed by atoms with Crippen LogP contribution < -0.4 is 0 Å². The summed E-state index contributed by atoms with van der Waals surface area (Å²) in [5, 5.41) is 0. The van der Waals surface area contributed by atoms with Gasteiger partial charge in [0.05, 0.1) is 18.5 Å². The van der Waals surface area contributed by atoms with Crippen LogP contribution in [0.15, 0.2) is 12.3 Å². The molecule has 1 unspecified atom stereocenters. The van der Waals surface area contributed by atoms with Gasteiger partial charge < -0.3 is 9.47 Å². The zero-order valence-corrected chi connectivity index (χ0v) is 9.42. The maximum Gasteiger partial charge on any atom is 0.0900 e. The van der Waals surface area contributed by atoms with Crippen molar-refractivity contribution in [3.63, 3.8) is 0 Å². The number of hydrogen-bond donors (Lipinski definition) is 0. The molecule has 1 aliphatic heterocycles. The van der Waals surface area contributed by atoms with Crippen LogP contribution in [-0.2, 0) is 9.47 Å². The van der Waals surface area contributed by atoms with Gasteiger partial charge in [0.1, 0.15) is 0 Å². The third kappa shape index (κ3) is 4.14. The molecule has 0 aromatic carbocycles. The largest absolute Gasteiger partial charge is 0.501 e. The van der Waals surface area contributed by atoms with Crippen molar-refractivity contribution in [1.82, 2.24) is 0 Å². The number of hydrogen-bond acceptors (Lipinski definition) is 2. The fourth-order valence-electron chi connectivity index (χ4n) is 1.80. The van der Waals surface area contributed by atoms with Crippen LogP contribution in [0.4, 0.5) is 0 Å². The van der Waals surface area contributed by atoms with E-state index in [0.717, 1.165) is 19.6 Å². The standard InChI is InChI=1S/C12H22O2/c1-3-9-13-11-8-12(2)7-5-4-6-10-14-12/h3,9H,4-8,10-11H2,1-2H3/b9-3+. The highest BCUT2D eigenvalue weighted by molar-refractivity contribution is 4.78. The molecule has 2 nitrogen and oxygen atoms in total. The molecule has 1 rings (SSSR count). The highest BCUT2D eigenvalue weighted by Crippen LogP contribution is 2.26. The van der Waals surface area contributed by atoms with Gasteiger partial charge in [-0.25, -0.2) is 0 Å². The van der Waals surface area contributed by atoms with Gasteiger partial charge in [0.15, 0.2) is 0 Å². The first-order chi connectivity index (χ1) is 6.77. The number of ether oxygens (including phenoxy) is 2. The van der Waals surface area contributed by atoms with Crippen LogP contribution >= 0.6 is 0 Å². The van der Waals surface area contributed by atoms with Gasteiger partial charge in [-0.2, -0.15) is 0 Å². The van der Waals surface area contributed by atoms with Crippen molar-refractivity contribution in [3.05, 3.63) is 12.3 Å². The molecule has 82 valence electrons. The van der Waals surface area contributed by atoms with E-state index in [1.54, 1.807) is 6.26 Å². The van der Waals surface area contributed by atoms with Gasteiger partial charge in [0.2, 0.25) is 0 Å². The average Bonchev–Trinajstić information content (AvgIpc) is 2.39. The molecule has 0 aromatic rings. The van der Waals surface area contributed by atoms with E-state index in [9.17, 15) is 0 Å². The Kier molecular flexibility index (Phi) is 5.02. The van der Waals surface area contributed by atoms with Gasteiger partial charge in [-0.05, 0) is 26.7 Å². The van der Waals surface area contributed by atoms with E-state index in [1.165, 1.54) is 25.7 Å². The molecule has 14 heavy (non-hydrogen) atoms. The van der Waals surface area contributed by atoms with Gasteiger partial charge >= 0.3 is 0 Å². The molecule has 0 aliphatic carbocycles. The maximum absolute atomic E-state index is 5.87. The van der Waals surface area contributed by atoms with Crippen molar-refractivity contribution >= 4 is 0 Å². The van der Waals surface area contributed by atoms with Gasteiger partial charge in [0, 0.05) is 13.0 Å². The number of rotatable bonds is 4. The fraction of sp³-hybridized carbons (Fsp3) is 0.833. The SMILES string of the molecule is C/C=C/OCCC1(C)CCCCCO1. The van der Waals surface area contributed by atoms with E-state index >= 15 is 0 Å². The van der Waals surface area contributed by atoms with Crippen LogP contribution in [0.5, 0.6) is 0 Å². The van der Waals surface area contributed by atoms with Crippen molar-refractivity contribution in [1.29, 1.82) is 0 Å². The Balaban J connectivity index is 2.24. The average molecular weight is 198 g/mol. The Labute approximate surface area is 87.3 Å². The van der Waals surface area contributed by atoms with E-state index in [1.807, 2.05) is 13.0 Å². The van der Waals surface area contributed by atoms with Crippen molar-refractivity contribution in [2.24, 2.45) is 0 Å². The Morgan fingerprint density at radius 3 is 3.00 bits per heavy atom. The summed E-state index contributed by atoms with van der Waals surface area (Å²) < 4.78 is 11.2. The van der Waals surface area contributed by atoms with E-state index in [4.69, 9.17) is 9.47 Å². The summed E-state index contributed by atoms with van der Waals surface area (Å²) in [4.78, 5) is 0. The maximum atomic E-state index is 5.87. The zero-order valence-electron chi connectivity index (χ0n) is 9.42. The first-order valence-electron chi connectivity index (χ1n) is 5.63. The predicted molar refractivity (Wildman–Crippen MR) is 58.2 cm³/mol. The van der Waals surface area contributed by atoms with E-state index in [0.29, 0.717) is 0 Å². The second-order valence-corrected chi connectivity index (χ2v) is 4.20.